The van der Waals surface area contributed by atoms with E-state index in [1.807, 2.05) is 19.1 Å². The zero-order valence-corrected chi connectivity index (χ0v) is 10.0. The lowest BCUT2D eigenvalue weighted by atomic mass is 9.98. The van der Waals surface area contributed by atoms with Gasteiger partial charge in [0.05, 0.1) is 5.92 Å². The van der Waals surface area contributed by atoms with Crippen molar-refractivity contribution in [3.05, 3.63) is 23.3 Å². The van der Waals surface area contributed by atoms with Crippen LogP contribution in [0.3, 0.4) is 0 Å². The number of hydrogen-bond donors (Lipinski definition) is 1. The minimum Gasteiger partial charge on any atom is -0.486 e. The first-order valence-electron chi connectivity index (χ1n) is 5.70. The van der Waals surface area contributed by atoms with Crippen LogP contribution >= 0.6 is 0 Å². The molecule has 1 unspecified atom stereocenters. The van der Waals surface area contributed by atoms with E-state index in [9.17, 15) is 4.79 Å². The summed E-state index contributed by atoms with van der Waals surface area (Å²) in [7, 11) is 0. The number of rotatable bonds is 3. The van der Waals surface area contributed by atoms with Crippen LogP contribution < -0.4 is 9.47 Å². The van der Waals surface area contributed by atoms with Crippen LogP contribution in [-0.2, 0) is 11.2 Å². The first-order valence-corrected chi connectivity index (χ1v) is 5.70. The predicted octanol–water partition coefficient (Wildman–Crippen LogP) is 2.03. The third kappa shape index (κ3) is 2.52. The van der Waals surface area contributed by atoms with Crippen LogP contribution in [0, 0.1) is 12.8 Å². The molecule has 1 heterocycles. The molecule has 1 aliphatic heterocycles. The molecule has 0 aromatic heterocycles. The van der Waals surface area contributed by atoms with Gasteiger partial charge in [-0.2, -0.15) is 0 Å². The molecule has 1 N–H and O–H groups in total. The van der Waals surface area contributed by atoms with Crippen LogP contribution in [0.25, 0.3) is 0 Å². The standard InChI is InChI=1S/C13H16O4/c1-8-5-10(7-9(2)13(14)15)12-11(6-8)16-3-4-17-12/h5-6,9H,3-4,7H2,1-2H3,(H,14,15). The van der Waals surface area contributed by atoms with Crippen molar-refractivity contribution >= 4 is 5.97 Å². The molecule has 0 aliphatic carbocycles. The minimum atomic E-state index is -0.794. The molecule has 1 aliphatic rings. The summed E-state index contributed by atoms with van der Waals surface area (Å²) in [5.74, 6) is 0.210. The fourth-order valence-electron chi connectivity index (χ4n) is 1.95. The summed E-state index contributed by atoms with van der Waals surface area (Å²) in [6, 6.07) is 3.89. The largest absolute Gasteiger partial charge is 0.486 e. The maximum absolute atomic E-state index is 10.9. The first-order chi connectivity index (χ1) is 8.08. The highest BCUT2D eigenvalue weighted by molar-refractivity contribution is 5.70. The van der Waals surface area contributed by atoms with Crippen LogP contribution in [0.2, 0.25) is 0 Å². The van der Waals surface area contributed by atoms with Crippen molar-refractivity contribution in [1.82, 2.24) is 0 Å². The number of benzene rings is 1. The molecule has 4 heteroatoms. The lowest BCUT2D eigenvalue weighted by molar-refractivity contribution is -0.141. The van der Waals surface area contributed by atoms with Gasteiger partial charge in [-0.1, -0.05) is 13.0 Å². The van der Waals surface area contributed by atoms with Crippen molar-refractivity contribution in [2.75, 3.05) is 13.2 Å². The molecule has 92 valence electrons. The van der Waals surface area contributed by atoms with Crippen molar-refractivity contribution in [2.45, 2.75) is 20.3 Å². The highest BCUT2D eigenvalue weighted by atomic mass is 16.6. The maximum Gasteiger partial charge on any atom is 0.306 e. The second-order valence-electron chi connectivity index (χ2n) is 4.39. The van der Waals surface area contributed by atoms with Crippen molar-refractivity contribution in [3.8, 4) is 11.5 Å². The molecule has 0 saturated carbocycles. The molecule has 0 radical (unpaired) electrons. The maximum atomic E-state index is 10.9. The highest BCUT2D eigenvalue weighted by Gasteiger charge is 2.20. The van der Waals surface area contributed by atoms with Gasteiger partial charge in [-0.25, -0.2) is 0 Å². The zero-order valence-electron chi connectivity index (χ0n) is 10.0. The molecular weight excluding hydrogens is 220 g/mol. The van der Waals surface area contributed by atoms with Crippen molar-refractivity contribution in [1.29, 1.82) is 0 Å². The Morgan fingerprint density at radius 2 is 2.12 bits per heavy atom. The molecule has 1 aromatic rings. The smallest absolute Gasteiger partial charge is 0.306 e. The van der Waals surface area contributed by atoms with E-state index in [0.717, 1.165) is 16.9 Å². The third-order valence-electron chi connectivity index (χ3n) is 2.81. The Kier molecular flexibility index (Phi) is 3.22. The summed E-state index contributed by atoms with van der Waals surface area (Å²) in [5, 5.41) is 8.94. The van der Waals surface area contributed by atoms with Gasteiger partial charge >= 0.3 is 5.97 Å². The number of fused-ring (bicyclic) bond motifs is 1. The van der Waals surface area contributed by atoms with E-state index < -0.39 is 11.9 Å². The number of aryl methyl sites for hydroxylation is 1. The Bertz CT molecular complexity index is 439. The fraction of sp³-hybridized carbons (Fsp3) is 0.462. The molecule has 0 saturated heterocycles. The van der Waals surface area contributed by atoms with Crippen LogP contribution in [0.15, 0.2) is 12.1 Å². The van der Waals surface area contributed by atoms with Gasteiger partial charge in [0.1, 0.15) is 13.2 Å². The van der Waals surface area contributed by atoms with Crippen LogP contribution in [-0.4, -0.2) is 24.3 Å². The number of carboxylic acids is 1. The van der Waals surface area contributed by atoms with E-state index in [1.165, 1.54) is 0 Å². The van der Waals surface area contributed by atoms with Gasteiger partial charge < -0.3 is 14.6 Å². The summed E-state index contributed by atoms with van der Waals surface area (Å²) < 4.78 is 11.1. The van der Waals surface area contributed by atoms with Gasteiger partial charge in [0.15, 0.2) is 11.5 Å². The van der Waals surface area contributed by atoms with E-state index in [-0.39, 0.29) is 0 Å². The topological polar surface area (TPSA) is 55.8 Å². The molecule has 4 nitrogen and oxygen atoms in total. The van der Waals surface area contributed by atoms with Crippen LogP contribution in [0.1, 0.15) is 18.1 Å². The van der Waals surface area contributed by atoms with E-state index in [0.29, 0.717) is 25.4 Å². The molecule has 0 bridgehead atoms. The van der Waals surface area contributed by atoms with Crippen molar-refractivity contribution in [3.63, 3.8) is 0 Å². The lowest BCUT2D eigenvalue weighted by Gasteiger charge is -2.22. The number of ether oxygens (including phenoxy) is 2. The van der Waals surface area contributed by atoms with Gasteiger partial charge in [0, 0.05) is 0 Å². The Morgan fingerprint density at radius 1 is 1.41 bits per heavy atom. The van der Waals surface area contributed by atoms with Gasteiger partial charge in [-0.15, -0.1) is 0 Å². The number of carboxylic acid groups (broad SMARTS) is 1. The third-order valence-corrected chi connectivity index (χ3v) is 2.81. The number of aliphatic carboxylic acids is 1. The quantitative estimate of drug-likeness (QED) is 0.872. The Hall–Kier alpha value is -1.71. The minimum absolute atomic E-state index is 0.425. The van der Waals surface area contributed by atoms with E-state index >= 15 is 0 Å². The van der Waals surface area contributed by atoms with Gasteiger partial charge in [0.25, 0.3) is 0 Å². The van der Waals surface area contributed by atoms with Gasteiger partial charge in [-0.3, -0.25) is 4.79 Å². The second kappa shape index (κ2) is 4.65. The first kappa shape index (κ1) is 11.8. The second-order valence-corrected chi connectivity index (χ2v) is 4.39. The summed E-state index contributed by atoms with van der Waals surface area (Å²) in [6.45, 7) is 4.73. The fourth-order valence-corrected chi connectivity index (χ4v) is 1.95. The summed E-state index contributed by atoms with van der Waals surface area (Å²) in [5.41, 5.74) is 1.97. The Morgan fingerprint density at radius 3 is 2.82 bits per heavy atom. The zero-order chi connectivity index (χ0) is 12.4. The van der Waals surface area contributed by atoms with E-state index in [4.69, 9.17) is 14.6 Å². The molecule has 1 atom stereocenters. The SMILES string of the molecule is Cc1cc(CC(C)C(=O)O)c2c(c1)OCCO2. The number of carbonyl (C=O) groups is 1. The average molecular weight is 236 g/mol. The highest BCUT2D eigenvalue weighted by Crippen LogP contribution is 2.36. The predicted molar refractivity (Wildman–Crippen MR) is 62.7 cm³/mol. The molecule has 0 fully saturated rings. The van der Waals surface area contributed by atoms with Crippen molar-refractivity contribution < 1.29 is 19.4 Å². The Balaban J connectivity index is 2.32. The van der Waals surface area contributed by atoms with E-state index in [1.54, 1.807) is 6.92 Å². The molecule has 0 spiro atoms. The van der Waals surface area contributed by atoms with Gasteiger partial charge in [-0.05, 0) is 30.5 Å². The Labute approximate surface area is 100 Å². The number of hydrogen-bond acceptors (Lipinski definition) is 3. The normalized spacial score (nSPS) is 15.4. The van der Waals surface area contributed by atoms with Crippen molar-refractivity contribution in [2.24, 2.45) is 5.92 Å². The van der Waals surface area contributed by atoms with Crippen LogP contribution in [0.5, 0.6) is 11.5 Å². The summed E-state index contributed by atoms with van der Waals surface area (Å²) in [6.07, 6.45) is 0.461. The van der Waals surface area contributed by atoms with Crippen LogP contribution in [0.4, 0.5) is 0 Å². The monoisotopic (exact) mass is 236 g/mol. The lowest BCUT2D eigenvalue weighted by Crippen LogP contribution is -2.19. The molecule has 2 rings (SSSR count). The molecule has 0 amide bonds. The van der Waals surface area contributed by atoms with E-state index in [2.05, 4.69) is 0 Å². The molecule has 17 heavy (non-hydrogen) atoms. The average Bonchev–Trinajstić information content (AvgIpc) is 2.28. The molecular formula is C13H16O4. The molecule has 1 aromatic carbocycles. The van der Waals surface area contributed by atoms with Gasteiger partial charge in [0.2, 0.25) is 0 Å². The summed E-state index contributed by atoms with van der Waals surface area (Å²) >= 11 is 0. The summed E-state index contributed by atoms with van der Waals surface area (Å²) in [4.78, 5) is 10.9.